The summed E-state index contributed by atoms with van der Waals surface area (Å²) in [7, 11) is 4.47. The molecule has 12 heteroatoms. The zero-order valence-electron chi connectivity index (χ0n) is 30.8. The minimum atomic E-state index is -0.462. The quantitative estimate of drug-likeness (QED) is 0.138. The lowest BCUT2D eigenvalue weighted by Crippen LogP contribution is -2.37. The van der Waals surface area contributed by atoms with E-state index in [2.05, 4.69) is 28.9 Å². The van der Waals surface area contributed by atoms with Crippen LogP contribution in [0.3, 0.4) is 0 Å². The van der Waals surface area contributed by atoms with Crippen molar-refractivity contribution in [3.8, 4) is 0 Å². The molecule has 2 aromatic rings. The average molecular weight is 707 g/mol. The molecule has 1 aliphatic rings. The Morgan fingerprint density at radius 1 is 1.16 bits per heavy atom. The fourth-order valence-corrected chi connectivity index (χ4v) is 4.68. The Morgan fingerprint density at radius 2 is 1.82 bits per heavy atom. The van der Waals surface area contributed by atoms with E-state index in [0.717, 1.165) is 23.8 Å². The Labute approximate surface area is 295 Å². The van der Waals surface area contributed by atoms with E-state index in [1.807, 2.05) is 34.6 Å². The first-order valence-corrected chi connectivity index (χ1v) is 17.1. The summed E-state index contributed by atoms with van der Waals surface area (Å²) < 4.78 is 21.3. The van der Waals surface area contributed by atoms with Gasteiger partial charge in [0.15, 0.2) is 0 Å². The van der Waals surface area contributed by atoms with Gasteiger partial charge in [-0.05, 0) is 72.1 Å². The van der Waals surface area contributed by atoms with E-state index in [4.69, 9.17) is 16.3 Å². The van der Waals surface area contributed by atoms with Crippen molar-refractivity contribution in [3.05, 3.63) is 90.6 Å². The molecule has 0 saturated heterocycles. The first-order chi connectivity index (χ1) is 23.2. The van der Waals surface area contributed by atoms with Gasteiger partial charge in [-0.25, -0.2) is 9.18 Å². The molecule has 1 aromatic heterocycles. The van der Waals surface area contributed by atoms with Crippen molar-refractivity contribution >= 4 is 34.4 Å². The fourth-order valence-electron chi connectivity index (χ4n) is 4.48. The summed E-state index contributed by atoms with van der Waals surface area (Å²) in [5.41, 5.74) is 1.69. The summed E-state index contributed by atoms with van der Waals surface area (Å²) in [5.74, 6) is -0.606. The van der Waals surface area contributed by atoms with Gasteiger partial charge in [0.25, 0.3) is 5.56 Å². The van der Waals surface area contributed by atoms with Crippen LogP contribution in [0, 0.1) is 5.82 Å². The van der Waals surface area contributed by atoms with Gasteiger partial charge in [-0.15, -0.1) is 0 Å². The number of carbonyl (C=O) groups is 2. The van der Waals surface area contributed by atoms with Crippen LogP contribution >= 0.6 is 11.6 Å². The molecule has 0 aliphatic heterocycles. The van der Waals surface area contributed by atoms with Crippen LogP contribution in [0.4, 0.5) is 4.39 Å². The minimum Gasteiger partial charge on any atom is -0.512 e. The molecule has 0 bridgehead atoms. The van der Waals surface area contributed by atoms with Gasteiger partial charge in [0, 0.05) is 50.3 Å². The zero-order chi connectivity index (χ0) is 37.7. The van der Waals surface area contributed by atoms with Crippen LogP contribution in [-0.2, 0) is 35.0 Å². The Bertz CT molecular complexity index is 1620. The number of allylic oxidation sites excluding steroid dienone is 7. The van der Waals surface area contributed by atoms with Gasteiger partial charge in [-0.2, -0.15) is 0 Å². The highest BCUT2D eigenvalue weighted by atomic mass is 35.5. The van der Waals surface area contributed by atoms with E-state index in [0.29, 0.717) is 46.6 Å². The van der Waals surface area contributed by atoms with E-state index in [9.17, 15) is 28.7 Å². The number of aliphatic hydroxyl groups is 1. The highest BCUT2D eigenvalue weighted by molar-refractivity contribution is 6.32. The van der Waals surface area contributed by atoms with E-state index >= 15 is 0 Å². The van der Waals surface area contributed by atoms with Crippen LogP contribution in [0.1, 0.15) is 92.6 Å². The summed E-state index contributed by atoms with van der Waals surface area (Å²) >= 11 is 5.79. The van der Waals surface area contributed by atoms with Crippen LogP contribution in [-0.4, -0.2) is 45.8 Å². The first kappa shape index (κ1) is 45.0. The summed E-state index contributed by atoms with van der Waals surface area (Å²) in [6.07, 6.45) is 13.0. The molecule has 0 radical (unpaired) electrons. The molecule has 0 fully saturated rings. The number of amides is 1. The number of halogens is 2. The Kier molecular flexibility index (Phi) is 22.3. The maximum absolute atomic E-state index is 13.9. The van der Waals surface area contributed by atoms with Crippen LogP contribution in [0.5, 0.6) is 0 Å². The van der Waals surface area contributed by atoms with E-state index in [-0.39, 0.29) is 30.2 Å². The largest absolute Gasteiger partial charge is 0.512 e. The van der Waals surface area contributed by atoms with Gasteiger partial charge in [0.2, 0.25) is 5.91 Å². The van der Waals surface area contributed by atoms with E-state index in [1.165, 1.54) is 56.8 Å². The summed E-state index contributed by atoms with van der Waals surface area (Å²) in [6.45, 7) is 14.0. The molecular formula is C37H56ClFN4O6. The van der Waals surface area contributed by atoms with Crippen LogP contribution in [0.2, 0.25) is 0 Å². The number of benzene rings is 1. The van der Waals surface area contributed by atoms with Gasteiger partial charge < -0.3 is 20.5 Å². The highest BCUT2D eigenvalue weighted by Crippen LogP contribution is 2.21. The Balaban J connectivity index is 0.000000702. The predicted molar refractivity (Wildman–Crippen MR) is 198 cm³/mol. The number of nitrogens with zero attached hydrogens (tertiary/aromatic N) is 2. The van der Waals surface area contributed by atoms with Gasteiger partial charge in [-0.1, -0.05) is 62.2 Å². The first-order valence-electron chi connectivity index (χ1n) is 16.7. The second-order valence-corrected chi connectivity index (χ2v) is 11.6. The normalized spacial score (nSPS) is 13.0. The van der Waals surface area contributed by atoms with Crippen LogP contribution in [0.15, 0.2) is 68.0 Å². The molecular weight excluding hydrogens is 651 g/mol. The van der Waals surface area contributed by atoms with Crippen molar-refractivity contribution in [2.24, 2.45) is 14.1 Å². The minimum absolute atomic E-state index is 0.000471. The van der Waals surface area contributed by atoms with Gasteiger partial charge >= 0.3 is 11.7 Å². The van der Waals surface area contributed by atoms with Crippen molar-refractivity contribution in [1.82, 2.24) is 19.8 Å². The third-order valence-corrected chi connectivity index (χ3v) is 7.60. The van der Waals surface area contributed by atoms with Crippen molar-refractivity contribution in [1.29, 1.82) is 0 Å². The molecule has 49 heavy (non-hydrogen) atoms. The van der Waals surface area contributed by atoms with E-state index in [1.54, 1.807) is 13.0 Å². The number of hydrogen-bond donors (Lipinski definition) is 3. The van der Waals surface area contributed by atoms with Crippen molar-refractivity contribution in [2.45, 2.75) is 99.6 Å². The van der Waals surface area contributed by atoms with Crippen LogP contribution < -0.4 is 21.9 Å². The molecule has 3 N–H and O–H groups in total. The molecule has 1 aromatic carbocycles. The third-order valence-electron chi connectivity index (χ3n) is 7.15. The number of fused-ring (bicyclic) bond motifs is 1. The third kappa shape index (κ3) is 15.9. The molecule has 274 valence electrons. The molecule has 3 rings (SSSR count). The number of hydrogen-bond acceptors (Lipinski definition) is 7. The number of aryl methyl sites for hydroxylation is 1. The predicted octanol–water partition coefficient (Wildman–Crippen LogP) is 6.99. The maximum Gasteiger partial charge on any atom is 0.330 e. The lowest BCUT2D eigenvalue weighted by Gasteiger charge is -2.10. The number of nitrogens with one attached hydrogen (secondary N) is 2. The molecule has 0 unspecified atom stereocenters. The SMILES string of the molecule is C/C=C(Cl)\C(CC(=O)NC)=C(/C)O.CC.CC(C)OC(=O)CCC1=CC=CCCC1.CCNCc1cc2c(=O)n(C)c(=O)n(C)c2cc1F. The molecule has 10 nitrogen and oxygen atoms in total. The zero-order valence-corrected chi connectivity index (χ0v) is 31.6. The summed E-state index contributed by atoms with van der Waals surface area (Å²) in [4.78, 5) is 46.1. The fraction of sp³-hybridized carbons (Fsp3) is 0.514. The lowest BCUT2D eigenvalue weighted by atomic mass is 10.1. The van der Waals surface area contributed by atoms with Crippen molar-refractivity contribution < 1.29 is 23.8 Å². The van der Waals surface area contributed by atoms with Crippen molar-refractivity contribution in [2.75, 3.05) is 13.6 Å². The molecule has 0 atom stereocenters. The number of aliphatic hydroxyl groups excluding tert-OH is 1. The second-order valence-electron chi connectivity index (χ2n) is 11.2. The smallest absolute Gasteiger partial charge is 0.330 e. The number of ether oxygens (including phenoxy) is 1. The molecule has 1 aliphatic carbocycles. The highest BCUT2D eigenvalue weighted by Gasteiger charge is 2.13. The van der Waals surface area contributed by atoms with Gasteiger partial charge in [-0.3, -0.25) is 23.5 Å². The van der Waals surface area contributed by atoms with Crippen LogP contribution in [0.25, 0.3) is 10.9 Å². The molecule has 0 spiro atoms. The summed E-state index contributed by atoms with van der Waals surface area (Å²) in [6, 6.07) is 2.75. The molecule has 1 heterocycles. The average Bonchev–Trinajstić information content (AvgIpc) is 3.36. The maximum atomic E-state index is 13.9. The number of aromatic nitrogens is 2. The topological polar surface area (TPSA) is 132 Å². The number of rotatable bonds is 10. The lowest BCUT2D eigenvalue weighted by molar-refractivity contribution is -0.147. The second kappa shape index (κ2) is 24.2. The number of esters is 1. The molecule has 1 amide bonds. The van der Waals surface area contributed by atoms with Gasteiger partial charge in [0.1, 0.15) is 5.82 Å². The van der Waals surface area contributed by atoms with Gasteiger partial charge in [0.05, 0.1) is 29.2 Å². The Hall–Kier alpha value is -3.96. The van der Waals surface area contributed by atoms with Crippen molar-refractivity contribution in [3.63, 3.8) is 0 Å². The monoisotopic (exact) mass is 706 g/mol. The standard InChI is InChI=1S/C13H16FN3O2.C13H20O2.C9H14ClNO2.C2H6/c1-4-15-7-8-5-9-11(6-10(8)14)16(2)13(19)17(3)12(9)18;1-11(2)15-13(14)10-9-12-7-5-3-4-6-8-12;1-4-8(10)7(6(2)12)5-9(13)11-3;1-2/h5-6,15H,4,7H2,1-3H3;3,5,7,11H,4,6,8-10H2,1-2H3;4,12H,5H2,1-3H3,(H,11,13);1-2H3/b;;7-6+,8-4+;. The molecule has 0 saturated carbocycles. The summed E-state index contributed by atoms with van der Waals surface area (Å²) in [5, 5.41) is 15.5. The number of carbonyl (C=O) groups excluding carboxylic acids is 2. The van der Waals surface area contributed by atoms with E-state index < -0.39 is 17.1 Å². The Morgan fingerprint density at radius 3 is 2.37 bits per heavy atom.